The van der Waals surface area contributed by atoms with Crippen molar-refractivity contribution in [3.8, 4) is 0 Å². The van der Waals surface area contributed by atoms with Crippen LogP contribution in [-0.2, 0) is 15.7 Å². The average Bonchev–Trinajstić information content (AvgIpc) is 2.45. The molecule has 6 heteroatoms. The van der Waals surface area contributed by atoms with Crippen molar-refractivity contribution in [2.75, 3.05) is 26.3 Å². The van der Waals surface area contributed by atoms with E-state index in [2.05, 4.69) is 0 Å². The Morgan fingerprint density at radius 1 is 1.15 bits per heavy atom. The van der Waals surface area contributed by atoms with E-state index in [-0.39, 0.29) is 5.91 Å². The molecule has 108 valence electrons. The highest BCUT2D eigenvalue weighted by molar-refractivity contribution is 5.91. The Morgan fingerprint density at radius 2 is 1.75 bits per heavy atom. The number of ether oxygens (including phenoxy) is 1. The zero-order chi connectivity index (χ0) is 14.6. The summed E-state index contributed by atoms with van der Waals surface area (Å²) in [6.07, 6.45) is -1.46. The average molecular weight is 285 g/mol. The molecule has 3 nitrogen and oxygen atoms in total. The van der Waals surface area contributed by atoms with E-state index in [0.29, 0.717) is 31.9 Å². The highest BCUT2D eigenvalue weighted by atomic mass is 19.4. The number of halogens is 3. The van der Waals surface area contributed by atoms with E-state index in [0.717, 1.165) is 12.1 Å². The molecule has 1 aliphatic rings. The number of hydrogen-bond donors (Lipinski definition) is 0. The first kappa shape index (κ1) is 14.6. The lowest BCUT2D eigenvalue weighted by atomic mass is 10.1. The van der Waals surface area contributed by atoms with Gasteiger partial charge in [-0.3, -0.25) is 4.79 Å². The number of amides is 1. The second-order valence-electron chi connectivity index (χ2n) is 4.39. The maximum atomic E-state index is 12.4. The fourth-order valence-electron chi connectivity index (χ4n) is 1.84. The summed E-state index contributed by atoms with van der Waals surface area (Å²) in [4.78, 5) is 13.4. The zero-order valence-corrected chi connectivity index (χ0v) is 10.7. The molecule has 0 atom stereocenters. The van der Waals surface area contributed by atoms with E-state index >= 15 is 0 Å². The number of morpholine rings is 1. The number of rotatable bonds is 2. The Labute approximate surface area is 114 Å². The molecule has 1 aliphatic heterocycles. The molecule has 0 saturated carbocycles. The van der Waals surface area contributed by atoms with Crippen LogP contribution in [0.4, 0.5) is 13.2 Å². The second kappa shape index (κ2) is 6.09. The van der Waals surface area contributed by atoms with E-state index in [1.807, 2.05) is 0 Å². The Hall–Kier alpha value is -1.82. The number of hydrogen-bond acceptors (Lipinski definition) is 2. The van der Waals surface area contributed by atoms with Gasteiger partial charge in [0.05, 0.1) is 18.8 Å². The van der Waals surface area contributed by atoms with Crippen LogP contribution in [0.15, 0.2) is 30.3 Å². The molecule has 0 radical (unpaired) electrons. The number of nitrogens with zero attached hydrogens (tertiary/aromatic N) is 1. The SMILES string of the molecule is O=C(/C=C/c1ccc(C(F)(F)F)cc1)N1CCOCC1. The molecule has 1 aromatic carbocycles. The molecule has 0 N–H and O–H groups in total. The first-order chi connectivity index (χ1) is 9.47. The monoisotopic (exact) mass is 285 g/mol. The van der Waals surface area contributed by atoms with Gasteiger partial charge in [0.1, 0.15) is 0 Å². The lowest BCUT2D eigenvalue weighted by Crippen LogP contribution is -2.39. The van der Waals surface area contributed by atoms with Crippen LogP contribution in [0.3, 0.4) is 0 Å². The van der Waals surface area contributed by atoms with Crippen LogP contribution in [-0.4, -0.2) is 37.1 Å². The van der Waals surface area contributed by atoms with Gasteiger partial charge in [0, 0.05) is 19.2 Å². The highest BCUT2D eigenvalue weighted by Gasteiger charge is 2.29. The standard InChI is InChI=1S/C14H14F3NO2/c15-14(16,17)12-4-1-11(2-5-12)3-6-13(19)18-7-9-20-10-8-18/h1-6H,7-10H2/b6-3+. The molecule has 0 aromatic heterocycles. The first-order valence-electron chi connectivity index (χ1n) is 6.19. The van der Waals surface area contributed by atoms with Crippen molar-refractivity contribution in [1.29, 1.82) is 0 Å². The Balaban J connectivity index is 1.98. The molecule has 1 aromatic rings. The summed E-state index contributed by atoms with van der Waals surface area (Å²) in [5.74, 6) is -0.159. The van der Waals surface area contributed by atoms with Gasteiger partial charge < -0.3 is 9.64 Å². The van der Waals surface area contributed by atoms with Gasteiger partial charge in [0.15, 0.2) is 0 Å². The van der Waals surface area contributed by atoms with Crippen LogP contribution in [0.2, 0.25) is 0 Å². The largest absolute Gasteiger partial charge is 0.416 e. The molecule has 1 amide bonds. The van der Waals surface area contributed by atoms with Crippen molar-refractivity contribution >= 4 is 12.0 Å². The van der Waals surface area contributed by atoms with Gasteiger partial charge in [-0.15, -0.1) is 0 Å². The molecule has 1 saturated heterocycles. The zero-order valence-electron chi connectivity index (χ0n) is 10.7. The normalized spacial score (nSPS) is 16.6. The first-order valence-corrected chi connectivity index (χ1v) is 6.19. The minimum atomic E-state index is -4.34. The van der Waals surface area contributed by atoms with Gasteiger partial charge in [-0.2, -0.15) is 13.2 Å². The van der Waals surface area contributed by atoms with Gasteiger partial charge in [0.2, 0.25) is 5.91 Å². The van der Waals surface area contributed by atoms with Gasteiger partial charge in [-0.1, -0.05) is 12.1 Å². The van der Waals surface area contributed by atoms with E-state index in [4.69, 9.17) is 4.74 Å². The van der Waals surface area contributed by atoms with Crippen molar-refractivity contribution in [2.24, 2.45) is 0 Å². The number of carbonyl (C=O) groups excluding carboxylic acids is 1. The molecule has 1 fully saturated rings. The Kier molecular flexibility index (Phi) is 4.44. The minimum Gasteiger partial charge on any atom is -0.378 e. The van der Waals surface area contributed by atoms with E-state index in [1.54, 1.807) is 4.90 Å². The highest BCUT2D eigenvalue weighted by Crippen LogP contribution is 2.29. The van der Waals surface area contributed by atoms with Crippen LogP contribution in [0.5, 0.6) is 0 Å². The van der Waals surface area contributed by atoms with Gasteiger partial charge in [-0.25, -0.2) is 0 Å². The molecular formula is C14H14F3NO2. The quantitative estimate of drug-likeness (QED) is 0.782. The second-order valence-corrected chi connectivity index (χ2v) is 4.39. The fourth-order valence-corrected chi connectivity index (χ4v) is 1.84. The smallest absolute Gasteiger partial charge is 0.378 e. The van der Waals surface area contributed by atoms with Crippen LogP contribution in [0, 0.1) is 0 Å². The van der Waals surface area contributed by atoms with Gasteiger partial charge >= 0.3 is 6.18 Å². The molecule has 0 bridgehead atoms. The Bertz CT molecular complexity index is 488. The van der Waals surface area contributed by atoms with Crippen LogP contribution in [0.25, 0.3) is 6.08 Å². The maximum Gasteiger partial charge on any atom is 0.416 e. The molecule has 0 unspecified atom stereocenters. The summed E-state index contributed by atoms with van der Waals surface area (Å²) in [5.41, 5.74) is -0.145. The van der Waals surface area contributed by atoms with Crippen molar-refractivity contribution in [3.63, 3.8) is 0 Å². The summed E-state index contributed by atoms with van der Waals surface area (Å²) in [7, 11) is 0. The summed E-state index contributed by atoms with van der Waals surface area (Å²) >= 11 is 0. The van der Waals surface area contributed by atoms with Gasteiger partial charge in [0.25, 0.3) is 0 Å². The third-order valence-electron chi connectivity index (χ3n) is 2.98. The molecule has 0 spiro atoms. The summed E-state index contributed by atoms with van der Waals surface area (Å²) in [6.45, 7) is 2.10. The Morgan fingerprint density at radius 3 is 2.30 bits per heavy atom. The molecule has 0 aliphatic carbocycles. The number of alkyl halides is 3. The summed E-state index contributed by atoms with van der Waals surface area (Å²) in [5, 5.41) is 0. The van der Waals surface area contributed by atoms with Crippen molar-refractivity contribution in [2.45, 2.75) is 6.18 Å². The van der Waals surface area contributed by atoms with Gasteiger partial charge in [-0.05, 0) is 23.8 Å². The third kappa shape index (κ3) is 3.84. The molecular weight excluding hydrogens is 271 g/mol. The predicted molar refractivity (Wildman–Crippen MR) is 67.9 cm³/mol. The van der Waals surface area contributed by atoms with Crippen LogP contribution in [0.1, 0.15) is 11.1 Å². The lowest BCUT2D eigenvalue weighted by molar-refractivity contribution is -0.137. The molecule has 1 heterocycles. The van der Waals surface area contributed by atoms with E-state index < -0.39 is 11.7 Å². The van der Waals surface area contributed by atoms with Crippen molar-refractivity contribution in [3.05, 3.63) is 41.5 Å². The lowest BCUT2D eigenvalue weighted by Gasteiger charge is -2.25. The van der Waals surface area contributed by atoms with E-state index in [1.165, 1.54) is 24.3 Å². The summed E-state index contributed by atoms with van der Waals surface area (Å²) in [6, 6.07) is 4.68. The minimum absolute atomic E-state index is 0.159. The molecule has 20 heavy (non-hydrogen) atoms. The van der Waals surface area contributed by atoms with E-state index in [9.17, 15) is 18.0 Å². The van der Waals surface area contributed by atoms with Crippen LogP contribution >= 0.6 is 0 Å². The topological polar surface area (TPSA) is 29.5 Å². The predicted octanol–water partition coefficient (Wildman–Crippen LogP) is 2.58. The van der Waals surface area contributed by atoms with Crippen LogP contribution < -0.4 is 0 Å². The maximum absolute atomic E-state index is 12.4. The summed E-state index contributed by atoms with van der Waals surface area (Å²) < 4.78 is 42.3. The number of benzene rings is 1. The number of carbonyl (C=O) groups is 1. The van der Waals surface area contributed by atoms with Crippen molar-refractivity contribution in [1.82, 2.24) is 4.90 Å². The van der Waals surface area contributed by atoms with Crippen molar-refractivity contribution < 1.29 is 22.7 Å². The fraction of sp³-hybridized carbons (Fsp3) is 0.357. The third-order valence-corrected chi connectivity index (χ3v) is 2.98. The molecule has 2 rings (SSSR count).